The van der Waals surface area contributed by atoms with Crippen LogP contribution in [0.5, 0.6) is 0 Å². The summed E-state index contributed by atoms with van der Waals surface area (Å²) in [5, 5.41) is 6.85. The van der Waals surface area contributed by atoms with E-state index in [1.165, 1.54) is 5.56 Å². The molecule has 0 aromatic carbocycles. The molecule has 3 aliphatic rings. The summed E-state index contributed by atoms with van der Waals surface area (Å²) in [7, 11) is 0. The van der Waals surface area contributed by atoms with Crippen molar-refractivity contribution in [1.29, 1.82) is 0 Å². The molecule has 5 rings (SSSR count). The zero-order valence-electron chi connectivity index (χ0n) is 15.3. The minimum atomic E-state index is -0.326. The number of morpholine rings is 1. The third-order valence-electron chi connectivity index (χ3n) is 5.37. The molecule has 1 unspecified atom stereocenters. The monoisotopic (exact) mass is 368 g/mol. The number of nitrogens with zero attached hydrogens (tertiary/aromatic N) is 4. The maximum atomic E-state index is 6.17. The van der Waals surface area contributed by atoms with Gasteiger partial charge in [-0.15, -0.1) is 0 Å². The molecule has 27 heavy (non-hydrogen) atoms. The summed E-state index contributed by atoms with van der Waals surface area (Å²) in [5.74, 6) is 1.74. The maximum absolute atomic E-state index is 6.17. The Balaban J connectivity index is 1.51. The molecule has 142 valence electrons. The number of rotatable bonds is 2. The van der Waals surface area contributed by atoms with Crippen molar-refractivity contribution in [1.82, 2.24) is 25.6 Å². The Hall–Kier alpha value is -2.13. The molecule has 1 atom stereocenters. The fourth-order valence-corrected chi connectivity index (χ4v) is 4.03. The van der Waals surface area contributed by atoms with Gasteiger partial charge in [0, 0.05) is 56.2 Å². The summed E-state index contributed by atoms with van der Waals surface area (Å²) in [6.45, 7) is 6.82. The number of fused-ring (bicyclic) bond motifs is 1. The third-order valence-corrected chi connectivity index (χ3v) is 5.37. The van der Waals surface area contributed by atoms with Gasteiger partial charge in [0.25, 0.3) is 0 Å². The molecule has 5 heterocycles. The number of anilines is 1. The number of nitrogens with one attached hydrogen (secondary N) is 2. The molecule has 0 aliphatic carbocycles. The summed E-state index contributed by atoms with van der Waals surface area (Å²) in [6.07, 6.45) is 3.59. The summed E-state index contributed by atoms with van der Waals surface area (Å²) >= 11 is 0. The minimum absolute atomic E-state index is 0.326. The second-order valence-electron chi connectivity index (χ2n) is 7.32. The molecule has 2 saturated heterocycles. The van der Waals surface area contributed by atoms with E-state index in [9.17, 15) is 0 Å². The van der Waals surface area contributed by atoms with Crippen LogP contribution in [-0.4, -0.2) is 66.6 Å². The first-order chi connectivity index (χ1) is 13.3. The molecular formula is C19H24N6O2. The van der Waals surface area contributed by atoms with Gasteiger partial charge in [-0.3, -0.25) is 4.98 Å². The SMILES string of the molecule is c1cncc(-c2nc3c(c(N4CCOC5(CNCCOC5)C4)n2)CNC3)c1. The molecule has 2 aromatic rings. The molecule has 0 bridgehead atoms. The number of hydrogen-bond donors (Lipinski definition) is 2. The van der Waals surface area contributed by atoms with Gasteiger partial charge >= 0.3 is 0 Å². The Morgan fingerprint density at radius 2 is 2.15 bits per heavy atom. The first kappa shape index (κ1) is 17.0. The van der Waals surface area contributed by atoms with Crippen LogP contribution in [0.4, 0.5) is 5.82 Å². The Bertz CT molecular complexity index is 807. The minimum Gasteiger partial charge on any atom is -0.377 e. The van der Waals surface area contributed by atoms with Crippen LogP contribution in [0.25, 0.3) is 11.4 Å². The molecule has 1 spiro atoms. The lowest BCUT2D eigenvalue weighted by molar-refractivity contribution is -0.0913. The van der Waals surface area contributed by atoms with E-state index in [0.29, 0.717) is 13.2 Å². The van der Waals surface area contributed by atoms with E-state index in [0.717, 1.165) is 68.8 Å². The molecule has 0 saturated carbocycles. The number of hydrogen-bond acceptors (Lipinski definition) is 8. The third kappa shape index (κ3) is 3.29. The van der Waals surface area contributed by atoms with Crippen molar-refractivity contribution in [2.24, 2.45) is 0 Å². The highest BCUT2D eigenvalue weighted by Gasteiger charge is 2.39. The van der Waals surface area contributed by atoms with Gasteiger partial charge in [0.1, 0.15) is 11.4 Å². The molecule has 0 radical (unpaired) electrons. The topological polar surface area (TPSA) is 84.4 Å². The highest BCUT2D eigenvalue weighted by atomic mass is 16.5. The van der Waals surface area contributed by atoms with Crippen molar-refractivity contribution in [2.45, 2.75) is 18.7 Å². The van der Waals surface area contributed by atoms with Gasteiger partial charge in [0.2, 0.25) is 0 Å². The van der Waals surface area contributed by atoms with Crippen molar-refractivity contribution < 1.29 is 9.47 Å². The average molecular weight is 368 g/mol. The molecular weight excluding hydrogens is 344 g/mol. The second-order valence-corrected chi connectivity index (χ2v) is 7.32. The van der Waals surface area contributed by atoms with Crippen LogP contribution in [0, 0.1) is 0 Å². The molecule has 2 fully saturated rings. The number of ether oxygens (including phenoxy) is 2. The lowest BCUT2D eigenvalue weighted by atomic mass is 10.0. The summed E-state index contributed by atoms with van der Waals surface area (Å²) < 4.78 is 12.0. The summed E-state index contributed by atoms with van der Waals surface area (Å²) in [6, 6.07) is 3.92. The predicted octanol–water partition coefficient (Wildman–Crippen LogP) is 0.337. The van der Waals surface area contributed by atoms with Crippen LogP contribution in [0.3, 0.4) is 0 Å². The molecule has 0 amide bonds. The molecule has 2 aromatic heterocycles. The lowest BCUT2D eigenvalue weighted by Crippen LogP contribution is -2.58. The highest BCUT2D eigenvalue weighted by molar-refractivity contribution is 5.61. The molecule has 2 N–H and O–H groups in total. The van der Waals surface area contributed by atoms with Crippen LogP contribution in [0.2, 0.25) is 0 Å². The first-order valence-corrected chi connectivity index (χ1v) is 9.51. The number of pyridine rings is 1. The van der Waals surface area contributed by atoms with Crippen molar-refractivity contribution in [3.8, 4) is 11.4 Å². The highest BCUT2D eigenvalue weighted by Crippen LogP contribution is 2.31. The van der Waals surface area contributed by atoms with Gasteiger partial charge in [-0.05, 0) is 12.1 Å². The Morgan fingerprint density at radius 3 is 3.07 bits per heavy atom. The van der Waals surface area contributed by atoms with E-state index in [1.54, 1.807) is 6.20 Å². The van der Waals surface area contributed by atoms with Crippen LogP contribution < -0.4 is 15.5 Å². The van der Waals surface area contributed by atoms with E-state index in [1.807, 2.05) is 18.3 Å². The van der Waals surface area contributed by atoms with Crippen LogP contribution in [0.15, 0.2) is 24.5 Å². The van der Waals surface area contributed by atoms with Crippen molar-refractivity contribution in [3.63, 3.8) is 0 Å². The summed E-state index contributed by atoms with van der Waals surface area (Å²) in [4.78, 5) is 16.3. The zero-order valence-corrected chi connectivity index (χ0v) is 15.3. The van der Waals surface area contributed by atoms with Crippen molar-refractivity contribution in [3.05, 3.63) is 35.8 Å². The predicted molar refractivity (Wildman–Crippen MR) is 100 cm³/mol. The quantitative estimate of drug-likeness (QED) is 0.785. The van der Waals surface area contributed by atoms with Gasteiger partial charge in [-0.25, -0.2) is 9.97 Å². The van der Waals surface area contributed by atoms with E-state index < -0.39 is 0 Å². The second kappa shape index (κ2) is 7.12. The fourth-order valence-electron chi connectivity index (χ4n) is 4.03. The van der Waals surface area contributed by atoms with Gasteiger partial charge < -0.3 is 25.0 Å². The van der Waals surface area contributed by atoms with E-state index >= 15 is 0 Å². The van der Waals surface area contributed by atoms with Crippen molar-refractivity contribution in [2.75, 3.05) is 50.9 Å². The van der Waals surface area contributed by atoms with Crippen LogP contribution in [-0.2, 0) is 22.6 Å². The Kier molecular flexibility index (Phi) is 4.48. The van der Waals surface area contributed by atoms with Gasteiger partial charge in [0.05, 0.1) is 32.1 Å². The largest absolute Gasteiger partial charge is 0.377 e. The smallest absolute Gasteiger partial charge is 0.163 e. The van der Waals surface area contributed by atoms with E-state index in [2.05, 4.69) is 20.5 Å². The van der Waals surface area contributed by atoms with Gasteiger partial charge in [-0.2, -0.15) is 0 Å². The molecule has 3 aliphatic heterocycles. The number of aromatic nitrogens is 3. The standard InChI is InChI=1S/C19H24N6O2/c1-2-14(8-20-3-1)17-23-16-10-22-9-15(16)18(24-17)25-5-7-27-19(12-25)11-21-4-6-26-13-19/h1-3,8,21-22H,4-7,9-13H2. The van der Waals surface area contributed by atoms with E-state index in [4.69, 9.17) is 19.4 Å². The van der Waals surface area contributed by atoms with Crippen LogP contribution >= 0.6 is 0 Å². The molecule has 8 nitrogen and oxygen atoms in total. The van der Waals surface area contributed by atoms with E-state index in [-0.39, 0.29) is 5.60 Å². The zero-order chi connectivity index (χ0) is 18.1. The molecule has 8 heteroatoms. The lowest BCUT2D eigenvalue weighted by Gasteiger charge is -2.42. The fraction of sp³-hybridized carbons (Fsp3) is 0.526. The van der Waals surface area contributed by atoms with Gasteiger partial charge in [0.15, 0.2) is 5.82 Å². The maximum Gasteiger partial charge on any atom is 0.163 e. The average Bonchev–Trinajstić information content (AvgIpc) is 3.09. The Morgan fingerprint density at radius 1 is 1.15 bits per heavy atom. The van der Waals surface area contributed by atoms with Crippen LogP contribution in [0.1, 0.15) is 11.3 Å². The van der Waals surface area contributed by atoms with Gasteiger partial charge in [-0.1, -0.05) is 0 Å². The van der Waals surface area contributed by atoms with Crippen molar-refractivity contribution >= 4 is 5.82 Å². The normalized spacial score (nSPS) is 25.4. The Labute approximate surface area is 158 Å². The summed E-state index contributed by atoms with van der Waals surface area (Å²) in [5.41, 5.74) is 2.89. The first-order valence-electron chi connectivity index (χ1n) is 9.51.